The van der Waals surface area contributed by atoms with Crippen LogP contribution in [0, 0.1) is 0 Å². The summed E-state index contributed by atoms with van der Waals surface area (Å²) in [5.41, 5.74) is 1.39. The predicted octanol–water partition coefficient (Wildman–Crippen LogP) is 2.80. The third kappa shape index (κ3) is 3.03. The molecule has 0 bridgehead atoms. The maximum atomic E-state index is 5.72. The van der Waals surface area contributed by atoms with E-state index in [1.807, 2.05) is 0 Å². The van der Waals surface area contributed by atoms with Crippen molar-refractivity contribution in [3.63, 3.8) is 0 Å². The van der Waals surface area contributed by atoms with Gasteiger partial charge in [0.25, 0.3) is 0 Å². The molecular weight excluding hydrogens is 206 g/mol. The van der Waals surface area contributed by atoms with Crippen LogP contribution < -0.4 is 5.32 Å². The summed E-state index contributed by atoms with van der Waals surface area (Å²) in [5.74, 6) is 0. The van der Waals surface area contributed by atoms with Crippen molar-refractivity contribution in [2.75, 3.05) is 6.61 Å². The van der Waals surface area contributed by atoms with Crippen molar-refractivity contribution >= 4 is 11.3 Å². The molecule has 0 radical (unpaired) electrons. The molecule has 2 heterocycles. The Bertz CT molecular complexity index is 267. The molecule has 2 atom stereocenters. The molecule has 1 saturated heterocycles. The quantitative estimate of drug-likeness (QED) is 0.832. The zero-order valence-electron chi connectivity index (χ0n) is 9.24. The second kappa shape index (κ2) is 5.64. The molecule has 0 aromatic carbocycles. The second-order valence-corrected chi connectivity index (χ2v) is 4.86. The van der Waals surface area contributed by atoms with Gasteiger partial charge in [-0.2, -0.15) is 11.3 Å². The molecule has 0 saturated carbocycles. The minimum atomic E-state index is 0.439. The van der Waals surface area contributed by atoms with E-state index in [1.54, 1.807) is 11.3 Å². The van der Waals surface area contributed by atoms with Gasteiger partial charge < -0.3 is 10.1 Å². The van der Waals surface area contributed by atoms with Crippen LogP contribution in [0.5, 0.6) is 0 Å². The van der Waals surface area contributed by atoms with Gasteiger partial charge in [-0.3, -0.25) is 0 Å². The van der Waals surface area contributed by atoms with Gasteiger partial charge in [-0.05, 0) is 41.7 Å². The lowest BCUT2D eigenvalue weighted by Gasteiger charge is -2.22. The Morgan fingerprint density at radius 3 is 3.20 bits per heavy atom. The minimum Gasteiger partial charge on any atom is -0.377 e. The van der Waals surface area contributed by atoms with Crippen LogP contribution in [0.3, 0.4) is 0 Å². The summed E-state index contributed by atoms with van der Waals surface area (Å²) >= 11 is 1.76. The van der Waals surface area contributed by atoms with Gasteiger partial charge in [-0.15, -0.1) is 0 Å². The van der Waals surface area contributed by atoms with E-state index in [-0.39, 0.29) is 0 Å². The van der Waals surface area contributed by atoms with Crippen molar-refractivity contribution < 1.29 is 4.74 Å². The van der Waals surface area contributed by atoms with E-state index in [4.69, 9.17) is 4.74 Å². The lowest BCUT2D eigenvalue weighted by molar-refractivity contribution is 0.0765. The Labute approximate surface area is 95.6 Å². The third-order valence-corrected chi connectivity index (χ3v) is 3.73. The van der Waals surface area contributed by atoms with Gasteiger partial charge in [0.15, 0.2) is 0 Å². The van der Waals surface area contributed by atoms with Crippen molar-refractivity contribution in [2.24, 2.45) is 0 Å². The van der Waals surface area contributed by atoms with Crippen molar-refractivity contribution in [3.05, 3.63) is 22.4 Å². The van der Waals surface area contributed by atoms with Crippen LogP contribution in [0.25, 0.3) is 0 Å². The van der Waals surface area contributed by atoms with Crippen molar-refractivity contribution in [1.29, 1.82) is 0 Å². The third-order valence-electron chi connectivity index (χ3n) is 3.00. The van der Waals surface area contributed by atoms with E-state index in [1.165, 1.54) is 18.4 Å². The highest BCUT2D eigenvalue weighted by Gasteiger charge is 2.23. The Kier molecular flexibility index (Phi) is 4.18. The summed E-state index contributed by atoms with van der Waals surface area (Å²) < 4.78 is 5.72. The molecule has 2 nitrogen and oxygen atoms in total. The van der Waals surface area contributed by atoms with Gasteiger partial charge in [0.05, 0.1) is 6.10 Å². The maximum Gasteiger partial charge on any atom is 0.0728 e. The topological polar surface area (TPSA) is 21.3 Å². The molecule has 2 rings (SSSR count). The largest absolute Gasteiger partial charge is 0.377 e. The van der Waals surface area contributed by atoms with Crippen LogP contribution >= 0.6 is 11.3 Å². The van der Waals surface area contributed by atoms with E-state index >= 15 is 0 Å². The molecule has 1 N–H and O–H groups in total. The first-order valence-corrected chi connectivity index (χ1v) is 6.70. The number of nitrogens with one attached hydrogen (secondary N) is 1. The van der Waals surface area contributed by atoms with Crippen LogP contribution in [0.4, 0.5) is 0 Å². The van der Waals surface area contributed by atoms with Gasteiger partial charge in [0.2, 0.25) is 0 Å². The first-order valence-electron chi connectivity index (χ1n) is 5.76. The molecule has 1 aromatic heterocycles. The van der Waals surface area contributed by atoms with Crippen LogP contribution in [0.1, 0.15) is 31.7 Å². The monoisotopic (exact) mass is 225 g/mol. The molecule has 0 aliphatic carbocycles. The average molecular weight is 225 g/mol. The number of rotatable bonds is 5. The fourth-order valence-electron chi connectivity index (χ4n) is 2.10. The van der Waals surface area contributed by atoms with Gasteiger partial charge in [-0.1, -0.05) is 6.92 Å². The van der Waals surface area contributed by atoms with E-state index < -0.39 is 0 Å². The summed E-state index contributed by atoms with van der Waals surface area (Å²) in [6, 6.07) is 2.70. The van der Waals surface area contributed by atoms with E-state index in [0.29, 0.717) is 12.1 Å². The molecule has 0 spiro atoms. The molecule has 0 amide bonds. The van der Waals surface area contributed by atoms with Gasteiger partial charge in [0.1, 0.15) is 0 Å². The lowest BCUT2D eigenvalue weighted by atomic mass is 10.1. The summed E-state index contributed by atoms with van der Waals surface area (Å²) in [4.78, 5) is 0. The zero-order valence-corrected chi connectivity index (χ0v) is 10.1. The zero-order chi connectivity index (χ0) is 10.5. The normalized spacial score (nSPS) is 23.1. The fourth-order valence-corrected chi connectivity index (χ4v) is 2.77. The molecule has 3 heteroatoms. The van der Waals surface area contributed by atoms with Crippen LogP contribution in [0.2, 0.25) is 0 Å². The summed E-state index contributed by atoms with van der Waals surface area (Å²) in [6.45, 7) is 4.15. The highest BCUT2D eigenvalue weighted by atomic mass is 32.1. The summed E-state index contributed by atoms with van der Waals surface area (Å²) in [5, 5.41) is 7.93. The molecule has 15 heavy (non-hydrogen) atoms. The van der Waals surface area contributed by atoms with Crippen molar-refractivity contribution in [1.82, 2.24) is 5.32 Å². The second-order valence-electron chi connectivity index (χ2n) is 4.08. The van der Waals surface area contributed by atoms with E-state index in [2.05, 4.69) is 29.1 Å². The fraction of sp³-hybridized carbons (Fsp3) is 0.667. The number of hydrogen-bond donors (Lipinski definition) is 1. The molecule has 1 aliphatic rings. The van der Waals surface area contributed by atoms with Crippen molar-refractivity contribution in [2.45, 2.75) is 44.9 Å². The van der Waals surface area contributed by atoms with Crippen LogP contribution in [-0.2, 0) is 11.3 Å². The average Bonchev–Trinajstić information content (AvgIpc) is 2.90. The van der Waals surface area contributed by atoms with Gasteiger partial charge in [-0.25, -0.2) is 0 Å². The Hall–Kier alpha value is -0.380. The molecule has 2 unspecified atom stereocenters. The summed E-state index contributed by atoms with van der Waals surface area (Å²) in [7, 11) is 0. The highest BCUT2D eigenvalue weighted by molar-refractivity contribution is 7.07. The number of hydrogen-bond acceptors (Lipinski definition) is 3. The van der Waals surface area contributed by atoms with Crippen molar-refractivity contribution in [3.8, 4) is 0 Å². The Morgan fingerprint density at radius 2 is 2.60 bits per heavy atom. The molecule has 1 aromatic rings. The predicted molar refractivity (Wildman–Crippen MR) is 64.2 cm³/mol. The van der Waals surface area contributed by atoms with E-state index in [9.17, 15) is 0 Å². The highest BCUT2D eigenvalue weighted by Crippen LogP contribution is 2.18. The van der Waals surface area contributed by atoms with Gasteiger partial charge >= 0.3 is 0 Å². The molecule has 84 valence electrons. The number of thiophene rings is 1. The van der Waals surface area contributed by atoms with E-state index in [0.717, 1.165) is 19.6 Å². The number of ether oxygens (including phenoxy) is 1. The Morgan fingerprint density at radius 1 is 1.67 bits per heavy atom. The first-order chi connectivity index (χ1) is 7.40. The lowest BCUT2D eigenvalue weighted by Crippen LogP contribution is -2.38. The van der Waals surface area contributed by atoms with Crippen LogP contribution in [0.15, 0.2) is 16.8 Å². The standard InChI is InChI=1S/C12H19NOS/c1-2-11(12-4-3-6-14-12)13-8-10-5-7-15-9-10/h5,7,9,11-13H,2-4,6,8H2,1H3. The van der Waals surface area contributed by atoms with Crippen LogP contribution in [-0.4, -0.2) is 18.8 Å². The molecular formula is C12H19NOS. The molecule has 1 aliphatic heterocycles. The first kappa shape index (κ1) is 11.1. The summed E-state index contributed by atoms with van der Waals surface area (Å²) in [6.07, 6.45) is 4.03. The SMILES string of the molecule is CCC(NCc1ccsc1)C1CCCO1. The Balaban J connectivity index is 1.80. The minimum absolute atomic E-state index is 0.439. The van der Waals surface area contributed by atoms with Gasteiger partial charge in [0, 0.05) is 19.2 Å². The maximum absolute atomic E-state index is 5.72. The molecule has 1 fully saturated rings. The smallest absolute Gasteiger partial charge is 0.0728 e.